The van der Waals surface area contributed by atoms with Crippen LogP contribution < -0.4 is 15.0 Å². The van der Waals surface area contributed by atoms with Gasteiger partial charge in [0.25, 0.3) is 5.56 Å². The SMILES string of the molecule is COc1cc(C=Nn2c(C3CCCCC3)nc3ccc(Br)cc3c2=O)c(Br)cc1OCc1ccccc1. The van der Waals surface area contributed by atoms with Gasteiger partial charge in [0.2, 0.25) is 0 Å². The Morgan fingerprint density at radius 1 is 1.03 bits per heavy atom. The van der Waals surface area contributed by atoms with E-state index in [1.165, 1.54) is 11.1 Å². The lowest BCUT2D eigenvalue weighted by Crippen LogP contribution is -2.25. The second-order valence-electron chi connectivity index (χ2n) is 9.13. The van der Waals surface area contributed by atoms with Crippen LogP contribution in [0.4, 0.5) is 0 Å². The first kappa shape index (κ1) is 25.7. The predicted octanol–water partition coefficient (Wildman–Crippen LogP) is 7.44. The molecular weight excluding hydrogens is 598 g/mol. The van der Waals surface area contributed by atoms with Crippen LogP contribution in [0, 0.1) is 0 Å². The van der Waals surface area contributed by atoms with Crippen LogP contribution in [-0.4, -0.2) is 23.0 Å². The van der Waals surface area contributed by atoms with E-state index >= 15 is 0 Å². The third-order valence-electron chi connectivity index (χ3n) is 6.64. The molecule has 1 fully saturated rings. The molecule has 0 bridgehead atoms. The highest BCUT2D eigenvalue weighted by atomic mass is 79.9. The molecule has 0 N–H and O–H groups in total. The number of ether oxygens (including phenoxy) is 2. The van der Waals surface area contributed by atoms with Gasteiger partial charge in [-0.3, -0.25) is 4.79 Å². The quantitative estimate of drug-likeness (QED) is 0.200. The molecule has 1 aliphatic carbocycles. The van der Waals surface area contributed by atoms with Crippen molar-refractivity contribution in [2.45, 2.75) is 44.6 Å². The monoisotopic (exact) mass is 623 g/mol. The maximum Gasteiger partial charge on any atom is 0.282 e. The fraction of sp³-hybridized carbons (Fsp3) is 0.276. The minimum atomic E-state index is -0.172. The Hall–Kier alpha value is -2.97. The molecular formula is C29H27Br2N3O3. The summed E-state index contributed by atoms with van der Waals surface area (Å²) < 4.78 is 14.7. The molecule has 0 spiro atoms. The highest BCUT2D eigenvalue weighted by molar-refractivity contribution is 9.10. The molecule has 5 rings (SSSR count). The van der Waals surface area contributed by atoms with Gasteiger partial charge in [0.15, 0.2) is 11.5 Å². The Bertz CT molecular complexity index is 1500. The van der Waals surface area contributed by atoms with E-state index in [1.807, 2.05) is 54.6 Å². The first-order valence-electron chi connectivity index (χ1n) is 12.3. The van der Waals surface area contributed by atoms with Gasteiger partial charge in [0, 0.05) is 20.4 Å². The Morgan fingerprint density at radius 3 is 2.57 bits per heavy atom. The Morgan fingerprint density at radius 2 is 1.81 bits per heavy atom. The number of halogens is 2. The van der Waals surface area contributed by atoms with Crippen LogP contribution in [-0.2, 0) is 6.61 Å². The molecule has 0 unspecified atom stereocenters. The van der Waals surface area contributed by atoms with E-state index in [0.29, 0.717) is 29.0 Å². The summed E-state index contributed by atoms with van der Waals surface area (Å²) in [5, 5.41) is 5.20. The number of aromatic nitrogens is 2. The average Bonchev–Trinajstić information content (AvgIpc) is 2.93. The van der Waals surface area contributed by atoms with Crippen molar-refractivity contribution in [3.8, 4) is 11.5 Å². The summed E-state index contributed by atoms with van der Waals surface area (Å²) in [5.41, 5.74) is 2.35. The maximum absolute atomic E-state index is 13.6. The van der Waals surface area contributed by atoms with Crippen LogP contribution in [0.15, 0.2) is 79.5 Å². The molecule has 0 aliphatic heterocycles. The zero-order chi connectivity index (χ0) is 25.8. The van der Waals surface area contributed by atoms with Crippen LogP contribution in [0.1, 0.15) is 55.0 Å². The molecule has 4 aromatic rings. The lowest BCUT2D eigenvalue weighted by molar-refractivity contribution is 0.284. The van der Waals surface area contributed by atoms with Gasteiger partial charge >= 0.3 is 0 Å². The first-order valence-corrected chi connectivity index (χ1v) is 13.9. The van der Waals surface area contributed by atoms with Crippen molar-refractivity contribution < 1.29 is 9.47 Å². The lowest BCUT2D eigenvalue weighted by Gasteiger charge is -2.22. The molecule has 1 saturated carbocycles. The Kier molecular flexibility index (Phi) is 8.05. The van der Waals surface area contributed by atoms with Crippen LogP contribution in [0.3, 0.4) is 0 Å². The smallest absolute Gasteiger partial charge is 0.282 e. The number of hydrogen-bond acceptors (Lipinski definition) is 5. The second-order valence-corrected chi connectivity index (χ2v) is 10.9. The standard InChI is InChI=1S/C29H27Br2N3O3/c1-36-26-14-21(24(31)16-27(26)37-18-19-8-4-2-5-9-19)17-32-34-28(20-10-6-3-7-11-20)33-25-13-12-22(30)15-23(25)29(34)35/h2,4-5,8-9,12-17,20H,3,6-7,10-11,18H2,1H3. The number of hydrogen-bond donors (Lipinski definition) is 0. The highest BCUT2D eigenvalue weighted by Gasteiger charge is 2.22. The van der Waals surface area contributed by atoms with Crippen LogP contribution in [0.2, 0.25) is 0 Å². The summed E-state index contributed by atoms with van der Waals surface area (Å²) in [6.07, 6.45) is 7.18. The van der Waals surface area contributed by atoms with Crippen molar-refractivity contribution in [1.82, 2.24) is 9.66 Å². The molecule has 0 saturated heterocycles. The third-order valence-corrected chi connectivity index (χ3v) is 7.82. The number of fused-ring (bicyclic) bond motifs is 1. The molecule has 1 aromatic heterocycles. The van der Waals surface area contributed by atoms with E-state index < -0.39 is 0 Å². The lowest BCUT2D eigenvalue weighted by atomic mass is 9.88. The van der Waals surface area contributed by atoms with Gasteiger partial charge in [-0.15, -0.1) is 0 Å². The molecule has 190 valence electrons. The topological polar surface area (TPSA) is 65.7 Å². The van der Waals surface area contributed by atoms with Gasteiger partial charge < -0.3 is 9.47 Å². The normalized spacial score (nSPS) is 14.4. The molecule has 0 atom stereocenters. The van der Waals surface area contributed by atoms with Gasteiger partial charge in [0.1, 0.15) is 12.4 Å². The van der Waals surface area contributed by atoms with Crippen molar-refractivity contribution in [2.75, 3.05) is 7.11 Å². The van der Waals surface area contributed by atoms with Crippen molar-refractivity contribution >= 4 is 49.0 Å². The molecule has 37 heavy (non-hydrogen) atoms. The Balaban J connectivity index is 1.51. The predicted molar refractivity (Wildman–Crippen MR) is 154 cm³/mol. The van der Waals surface area contributed by atoms with Crippen molar-refractivity contribution in [1.29, 1.82) is 0 Å². The summed E-state index contributed by atoms with van der Waals surface area (Å²) >= 11 is 7.11. The van der Waals surface area contributed by atoms with Crippen LogP contribution in [0.5, 0.6) is 11.5 Å². The summed E-state index contributed by atoms with van der Waals surface area (Å²) in [6.45, 7) is 0.426. The average molecular weight is 625 g/mol. The fourth-order valence-electron chi connectivity index (χ4n) is 4.68. The zero-order valence-electron chi connectivity index (χ0n) is 20.5. The van der Waals surface area contributed by atoms with E-state index in [0.717, 1.165) is 51.6 Å². The van der Waals surface area contributed by atoms with Crippen molar-refractivity contribution in [2.24, 2.45) is 5.10 Å². The van der Waals surface area contributed by atoms with Crippen molar-refractivity contribution in [3.63, 3.8) is 0 Å². The second kappa shape index (κ2) is 11.6. The highest BCUT2D eigenvalue weighted by Crippen LogP contribution is 2.34. The number of nitrogens with zero attached hydrogens (tertiary/aromatic N) is 3. The summed E-state index contributed by atoms with van der Waals surface area (Å²) in [5.74, 6) is 2.13. The number of benzene rings is 3. The number of methoxy groups -OCH3 is 1. The summed E-state index contributed by atoms with van der Waals surface area (Å²) in [7, 11) is 1.61. The zero-order valence-corrected chi connectivity index (χ0v) is 23.7. The van der Waals surface area contributed by atoms with E-state index in [-0.39, 0.29) is 11.5 Å². The van der Waals surface area contributed by atoms with E-state index in [4.69, 9.17) is 14.5 Å². The number of rotatable bonds is 7. The largest absolute Gasteiger partial charge is 0.493 e. The molecule has 6 nitrogen and oxygen atoms in total. The van der Waals surface area contributed by atoms with E-state index in [9.17, 15) is 4.79 Å². The van der Waals surface area contributed by atoms with Gasteiger partial charge in [-0.2, -0.15) is 9.78 Å². The van der Waals surface area contributed by atoms with Crippen LogP contribution in [0.25, 0.3) is 10.9 Å². The van der Waals surface area contributed by atoms with Gasteiger partial charge in [-0.05, 0) is 64.7 Å². The van der Waals surface area contributed by atoms with Crippen LogP contribution >= 0.6 is 31.9 Å². The van der Waals surface area contributed by atoms with Gasteiger partial charge in [-0.25, -0.2) is 4.98 Å². The fourth-order valence-corrected chi connectivity index (χ4v) is 5.47. The molecule has 8 heteroatoms. The minimum Gasteiger partial charge on any atom is -0.493 e. The first-order chi connectivity index (χ1) is 18.0. The summed E-state index contributed by atoms with van der Waals surface area (Å²) in [6, 6.07) is 19.3. The molecule has 1 aliphatic rings. The van der Waals surface area contributed by atoms with E-state index in [1.54, 1.807) is 19.4 Å². The maximum atomic E-state index is 13.6. The molecule has 1 heterocycles. The van der Waals surface area contributed by atoms with Crippen molar-refractivity contribution in [3.05, 3.63) is 96.9 Å². The minimum absolute atomic E-state index is 0.172. The van der Waals surface area contributed by atoms with Gasteiger partial charge in [-0.1, -0.05) is 65.5 Å². The molecule has 0 amide bonds. The Labute approximate surface area is 232 Å². The molecule has 0 radical (unpaired) electrons. The summed E-state index contributed by atoms with van der Waals surface area (Å²) in [4.78, 5) is 18.5. The van der Waals surface area contributed by atoms with E-state index in [2.05, 4.69) is 37.0 Å². The molecule has 3 aromatic carbocycles. The van der Waals surface area contributed by atoms with Gasteiger partial charge in [0.05, 0.1) is 24.2 Å². The third kappa shape index (κ3) is 5.80.